The first-order valence-electron chi connectivity index (χ1n) is 15.8. The molecule has 0 saturated carbocycles. The number of aromatic amines is 1. The molecule has 5 aromatic rings. The Balaban J connectivity index is 0.915. The molecule has 49 heavy (non-hydrogen) atoms. The third-order valence-corrected chi connectivity index (χ3v) is 8.64. The lowest BCUT2D eigenvalue weighted by atomic mass is 9.98. The van der Waals surface area contributed by atoms with Gasteiger partial charge in [-0.2, -0.15) is 4.98 Å². The summed E-state index contributed by atoms with van der Waals surface area (Å²) in [6.07, 6.45) is -1.29. The van der Waals surface area contributed by atoms with Crippen LogP contribution in [0.15, 0.2) is 83.9 Å². The van der Waals surface area contributed by atoms with Gasteiger partial charge < -0.3 is 29.4 Å². The third-order valence-electron chi connectivity index (χ3n) is 8.64. The van der Waals surface area contributed by atoms with Crippen LogP contribution in [0.2, 0.25) is 0 Å². The molecule has 252 valence electrons. The predicted molar refractivity (Wildman–Crippen MR) is 177 cm³/mol. The Morgan fingerprint density at radius 2 is 1.69 bits per heavy atom. The summed E-state index contributed by atoms with van der Waals surface area (Å²) in [6.45, 7) is 0.250. The Kier molecular flexibility index (Phi) is 8.96. The van der Waals surface area contributed by atoms with Crippen LogP contribution < -0.4 is 25.7 Å². The molecule has 3 aromatic carbocycles. The van der Waals surface area contributed by atoms with E-state index in [9.17, 15) is 19.5 Å². The maximum atomic E-state index is 12.8. The molecule has 1 saturated heterocycles. The molecule has 2 amide bonds. The Morgan fingerprint density at radius 3 is 2.41 bits per heavy atom. The first-order valence-corrected chi connectivity index (χ1v) is 15.8. The van der Waals surface area contributed by atoms with E-state index in [0.717, 1.165) is 22.3 Å². The van der Waals surface area contributed by atoms with Crippen molar-refractivity contribution in [2.75, 3.05) is 32.2 Å². The van der Waals surface area contributed by atoms with E-state index >= 15 is 0 Å². The second kappa shape index (κ2) is 13.8. The molecule has 2 aromatic heterocycles. The summed E-state index contributed by atoms with van der Waals surface area (Å²) < 4.78 is 24.1. The van der Waals surface area contributed by atoms with E-state index in [-0.39, 0.29) is 55.6 Å². The molecular weight excluding hydrogens is 632 g/mol. The van der Waals surface area contributed by atoms with Crippen LogP contribution in [0.25, 0.3) is 22.3 Å². The number of nitrogens with zero attached hydrogens (tertiary/aromatic N) is 3. The van der Waals surface area contributed by atoms with Gasteiger partial charge >= 0.3 is 6.09 Å². The molecule has 1 aliphatic heterocycles. The Morgan fingerprint density at radius 1 is 1.00 bits per heavy atom. The molecule has 14 nitrogen and oxygen atoms in total. The molecule has 0 spiro atoms. The smallest absolute Gasteiger partial charge is 0.407 e. The zero-order valence-corrected chi connectivity index (χ0v) is 26.5. The van der Waals surface area contributed by atoms with E-state index in [1.165, 1.54) is 10.9 Å². The summed E-state index contributed by atoms with van der Waals surface area (Å²) in [6, 6.07) is 23.1. The number of aliphatic hydroxyl groups is 1. The number of hydrogen-bond acceptors (Lipinski definition) is 10. The van der Waals surface area contributed by atoms with Gasteiger partial charge in [0.2, 0.25) is 11.9 Å². The lowest BCUT2D eigenvalue weighted by molar-refractivity contribution is -0.116. The monoisotopic (exact) mass is 666 g/mol. The molecule has 3 heterocycles. The predicted octanol–water partition coefficient (Wildman–Crippen LogP) is 3.72. The quantitative estimate of drug-likeness (QED) is 0.162. The van der Waals surface area contributed by atoms with E-state index in [1.54, 1.807) is 31.4 Å². The number of carbonyl (C=O) groups is 2. The van der Waals surface area contributed by atoms with Crippen molar-refractivity contribution < 1.29 is 33.6 Å². The van der Waals surface area contributed by atoms with Crippen molar-refractivity contribution in [3.63, 3.8) is 0 Å². The van der Waals surface area contributed by atoms with Gasteiger partial charge in [-0.1, -0.05) is 48.5 Å². The number of nitrogens with one attached hydrogen (secondary N) is 3. The van der Waals surface area contributed by atoms with Crippen molar-refractivity contribution in [1.82, 2.24) is 24.8 Å². The Labute approximate surface area is 280 Å². The number of amides is 2. The van der Waals surface area contributed by atoms with Crippen LogP contribution in [0.1, 0.15) is 36.1 Å². The van der Waals surface area contributed by atoms with Gasteiger partial charge in [0.15, 0.2) is 11.2 Å². The second-order valence-corrected chi connectivity index (χ2v) is 11.7. The average Bonchev–Trinajstić information content (AvgIpc) is 3.80. The number of ether oxygens (including phenoxy) is 4. The number of rotatable bonds is 11. The van der Waals surface area contributed by atoms with Crippen molar-refractivity contribution in [2.45, 2.75) is 37.2 Å². The van der Waals surface area contributed by atoms with Gasteiger partial charge in [-0.25, -0.2) is 9.78 Å². The number of aliphatic hydroxyl groups excluding tert-OH is 1. The van der Waals surface area contributed by atoms with Gasteiger partial charge in [-0.15, -0.1) is 0 Å². The minimum atomic E-state index is -0.842. The molecule has 4 N–H and O–H groups in total. The summed E-state index contributed by atoms with van der Waals surface area (Å²) in [7, 11) is 1.58. The normalized spacial score (nSPS) is 18.1. The van der Waals surface area contributed by atoms with Gasteiger partial charge in [0.1, 0.15) is 37.0 Å². The lowest BCUT2D eigenvalue weighted by Gasteiger charge is -2.16. The zero-order valence-electron chi connectivity index (χ0n) is 26.5. The van der Waals surface area contributed by atoms with Gasteiger partial charge in [0.25, 0.3) is 5.56 Å². The number of benzene rings is 3. The first-order chi connectivity index (χ1) is 23.9. The van der Waals surface area contributed by atoms with Crippen LogP contribution in [0.4, 0.5) is 10.7 Å². The number of hydrogen-bond donors (Lipinski definition) is 4. The maximum absolute atomic E-state index is 12.8. The molecule has 0 bridgehead atoms. The third kappa shape index (κ3) is 6.68. The molecule has 1 unspecified atom stereocenters. The standard InChI is InChI=1S/C35H34N6O8/c1-46-20-10-12-21(13-11-20)47-18-28-27(42)16-30(49-28)41-19-37-31-32(41)39-34(40-33(31)44)38-29(43)14-15-36-35(45)48-17-26-24-8-4-2-6-22(24)23-7-3-5-9-25(23)26/h2-13,19,26-28,30,42H,14-18H2,1H3,(H,36,45)(H2,38,39,40,43,44)/t27?,28-,30-/m1/s1. The molecule has 7 rings (SSSR count). The van der Waals surface area contributed by atoms with Crippen molar-refractivity contribution in [3.05, 3.63) is 101 Å². The Hall–Kier alpha value is -5.73. The van der Waals surface area contributed by atoms with E-state index in [1.807, 2.05) is 36.4 Å². The van der Waals surface area contributed by atoms with Crippen molar-refractivity contribution in [3.8, 4) is 22.6 Å². The molecule has 0 radical (unpaired) electrons. The van der Waals surface area contributed by atoms with Crippen LogP contribution in [0.3, 0.4) is 0 Å². The SMILES string of the molecule is COc1ccc(OC[C@H]2O[C@@H](n3cnc4c(=O)[nH]c(NC(=O)CCNC(=O)OCC5c6ccccc6-c6ccccc65)nc43)CC2O)cc1. The summed E-state index contributed by atoms with van der Waals surface area (Å²) >= 11 is 0. The summed E-state index contributed by atoms with van der Waals surface area (Å²) in [4.78, 5) is 49.0. The van der Waals surface area contributed by atoms with Gasteiger partial charge in [-0.3, -0.25) is 24.5 Å². The molecule has 3 atom stereocenters. The van der Waals surface area contributed by atoms with E-state index < -0.39 is 36.0 Å². The highest BCUT2D eigenvalue weighted by atomic mass is 16.6. The minimum Gasteiger partial charge on any atom is -0.497 e. The fourth-order valence-corrected chi connectivity index (χ4v) is 6.20. The highest BCUT2D eigenvalue weighted by molar-refractivity contribution is 5.90. The van der Waals surface area contributed by atoms with Crippen LogP contribution >= 0.6 is 0 Å². The number of methoxy groups -OCH3 is 1. The highest BCUT2D eigenvalue weighted by Gasteiger charge is 2.36. The largest absolute Gasteiger partial charge is 0.497 e. The summed E-state index contributed by atoms with van der Waals surface area (Å²) in [5.41, 5.74) is 4.12. The first kappa shape index (κ1) is 31.8. The number of carbonyl (C=O) groups excluding carboxylic acids is 2. The minimum absolute atomic E-state index is 0.000698. The van der Waals surface area contributed by atoms with E-state index in [0.29, 0.717) is 11.5 Å². The molecule has 2 aliphatic rings. The number of fused-ring (bicyclic) bond motifs is 4. The van der Waals surface area contributed by atoms with Crippen LogP contribution in [0, 0.1) is 0 Å². The molecular formula is C35H34N6O8. The highest BCUT2D eigenvalue weighted by Crippen LogP contribution is 2.44. The number of H-pyrrole nitrogens is 1. The second-order valence-electron chi connectivity index (χ2n) is 11.7. The number of alkyl carbamates (subject to hydrolysis) is 1. The van der Waals surface area contributed by atoms with Gasteiger partial charge in [0, 0.05) is 25.3 Å². The lowest BCUT2D eigenvalue weighted by Crippen LogP contribution is -2.29. The van der Waals surface area contributed by atoms with Crippen molar-refractivity contribution in [1.29, 1.82) is 0 Å². The maximum Gasteiger partial charge on any atom is 0.407 e. The summed E-state index contributed by atoms with van der Waals surface area (Å²) in [5.74, 6) is 0.623. The van der Waals surface area contributed by atoms with E-state index in [2.05, 4.69) is 37.7 Å². The topological polar surface area (TPSA) is 179 Å². The molecule has 1 aliphatic carbocycles. The van der Waals surface area contributed by atoms with E-state index in [4.69, 9.17) is 18.9 Å². The fourth-order valence-electron chi connectivity index (χ4n) is 6.20. The van der Waals surface area contributed by atoms with Crippen LogP contribution in [0.5, 0.6) is 11.5 Å². The fraction of sp³-hybridized carbons (Fsp3) is 0.286. The molecule has 1 fully saturated rings. The number of aromatic nitrogens is 4. The van der Waals surface area contributed by atoms with Crippen molar-refractivity contribution >= 4 is 29.1 Å². The average molecular weight is 667 g/mol. The van der Waals surface area contributed by atoms with Crippen molar-refractivity contribution in [2.24, 2.45) is 0 Å². The van der Waals surface area contributed by atoms with Crippen LogP contribution in [-0.2, 0) is 14.3 Å². The number of imidazole rings is 1. The van der Waals surface area contributed by atoms with Gasteiger partial charge in [0.05, 0.1) is 19.5 Å². The summed E-state index contributed by atoms with van der Waals surface area (Å²) in [5, 5.41) is 15.8. The van der Waals surface area contributed by atoms with Gasteiger partial charge in [-0.05, 0) is 46.5 Å². The number of anilines is 1. The Bertz CT molecular complexity index is 2000. The molecule has 14 heteroatoms. The van der Waals surface area contributed by atoms with Crippen LogP contribution in [-0.4, -0.2) is 75.7 Å². The zero-order chi connectivity index (χ0) is 33.9.